The minimum atomic E-state index is -0.104. The van der Waals surface area contributed by atoms with Crippen molar-refractivity contribution in [2.75, 3.05) is 13.7 Å². The molecule has 0 unspecified atom stereocenters. The molecule has 1 amide bonds. The average molecular weight is 299 g/mol. The number of aliphatic hydroxyl groups excluding tert-OH is 1. The fraction of sp³-hybridized carbons (Fsp3) is 0.278. The van der Waals surface area contributed by atoms with E-state index in [9.17, 15) is 4.79 Å². The number of carbonyl (C=O) groups excluding carboxylic acids is 1. The van der Waals surface area contributed by atoms with Crippen LogP contribution >= 0.6 is 0 Å². The molecule has 0 saturated carbocycles. The lowest BCUT2D eigenvalue weighted by Crippen LogP contribution is -2.24. The number of methoxy groups -OCH3 is 1. The number of aliphatic hydroxyl groups is 1. The minimum Gasteiger partial charge on any atom is -0.497 e. The molecule has 0 fully saturated rings. The summed E-state index contributed by atoms with van der Waals surface area (Å²) in [6.07, 6.45) is 0.561. The number of hydrogen-bond acceptors (Lipinski definition) is 3. The smallest absolute Gasteiger partial charge is 0.251 e. The Morgan fingerprint density at radius 1 is 1.18 bits per heavy atom. The van der Waals surface area contributed by atoms with E-state index in [0.717, 1.165) is 22.4 Å². The first kappa shape index (κ1) is 16.0. The number of carbonyl (C=O) groups is 1. The lowest BCUT2D eigenvalue weighted by atomic mass is 10.00. The largest absolute Gasteiger partial charge is 0.497 e. The molecule has 2 rings (SSSR count). The molecule has 0 aromatic heterocycles. The van der Waals surface area contributed by atoms with Crippen molar-refractivity contribution in [3.63, 3.8) is 0 Å². The highest BCUT2D eigenvalue weighted by atomic mass is 16.5. The van der Waals surface area contributed by atoms with Crippen molar-refractivity contribution in [2.24, 2.45) is 0 Å². The molecule has 2 N–H and O–H groups in total. The summed E-state index contributed by atoms with van der Waals surface area (Å²) in [6.45, 7) is 2.46. The molecule has 0 bridgehead atoms. The summed E-state index contributed by atoms with van der Waals surface area (Å²) in [6, 6.07) is 13.2. The molecule has 0 heterocycles. The first-order valence-corrected chi connectivity index (χ1v) is 7.26. The van der Waals surface area contributed by atoms with Crippen LogP contribution in [0.2, 0.25) is 0 Å². The molecule has 0 aliphatic carbocycles. The zero-order valence-corrected chi connectivity index (χ0v) is 12.9. The van der Waals surface area contributed by atoms with Crippen LogP contribution in [-0.4, -0.2) is 24.7 Å². The first-order valence-electron chi connectivity index (χ1n) is 7.26. The van der Waals surface area contributed by atoms with Crippen molar-refractivity contribution in [3.05, 3.63) is 64.7 Å². The van der Waals surface area contributed by atoms with Crippen LogP contribution in [-0.2, 0) is 13.0 Å². The van der Waals surface area contributed by atoms with E-state index < -0.39 is 0 Å². The molecule has 0 aliphatic heterocycles. The second kappa shape index (κ2) is 7.61. The van der Waals surface area contributed by atoms with Crippen LogP contribution in [0, 0.1) is 6.92 Å². The summed E-state index contributed by atoms with van der Waals surface area (Å²) in [5.41, 5.74) is 3.58. The lowest BCUT2D eigenvalue weighted by Gasteiger charge is -2.11. The highest BCUT2D eigenvalue weighted by Gasteiger charge is 2.11. The van der Waals surface area contributed by atoms with Crippen LogP contribution in [0.5, 0.6) is 5.75 Å². The van der Waals surface area contributed by atoms with Crippen molar-refractivity contribution in [3.8, 4) is 5.75 Å². The zero-order chi connectivity index (χ0) is 15.9. The molecule has 22 heavy (non-hydrogen) atoms. The zero-order valence-electron chi connectivity index (χ0n) is 12.9. The van der Waals surface area contributed by atoms with Gasteiger partial charge in [-0.1, -0.05) is 24.3 Å². The average Bonchev–Trinajstić information content (AvgIpc) is 2.55. The van der Waals surface area contributed by atoms with Crippen molar-refractivity contribution in [1.82, 2.24) is 5.32 Å². The van der Waals surface area contributed by atoms with Gasteiger partial charge < -0.3 is 15.2 Å². The molecule has 4 heteroatoms. The molecule has 0 spiro atoms. The Balaban J connectivity index is 2.04. The van der Waals surface area contributed by atoms with Gasteiger partial charge in [0.15, 0.2) is 0 Å². The molecule has 0 saturated heterocycles. The molecule has 0 radical (unpaired) electrons. The summed E-state index contributed by atoms with van der Waals surface area (Å²) in [7, 11) is 1.62. The molecular weight excluding hydrogens is 278 g/mol. The number of nitrogens with one attached hydrogen (secondary N) is 1. The van der Waals surface area contributed by atoms with Crippen LogP contribution in [0.1, 0.15) is 27.0 Å². The first-order chi connectivity index (χ1) is 10.7. The SMILES string of the molecule is COc1ccc(CNC(=O)c2cccc(CCO)c2C)cc1. The summed E-state index contributed by atoms with van der Waals surface area (Å²) >= 11 is 0. The Hall–Kier alpha value is -2.33. The Bertz CT molecular complexity index is 635. The van der Waals surface area contributed by atoms with Gasteiger partial charge in [0.25, 0.3) is 5.91 Å². The second-order valence-electron chi connectivity index (χ2n) is 5.09. The van der Waals surface area contributed by atoms with Crippen molar-refractivity contribution >= 4 is 5.91 Å². The lowest BCUT2D eigenvalue weighted by molar-refractivity contribution is 0.0950. The van der Waals surface area contributed by atoms with Crippen molar-refractivity contribution in [1.29, 1.82) is 0 Å². The maximum Gasteiger partial charge on any atom is 0.251 e. The minimum absolute atomic E-state index is 0.0811. The van der Waals surface area contributed by atoms with E-state index in [4.69, 9.17) is 9.84 Å². The molecule has 116 valence electrons. The molecule has 2 aromatic carbocycles. The third kappa shape index (κ3) is 3.86. The van der Waals surface area contributed by atoms with Crippen LogP contribution in [0.3, 0.4) is 0 Å². The molecule has 2 aromatic rings. The Labute approximate surface area is 130 Å². The second-order valence-corrected chi connectivity index (χ2v) is 5.09. The monoisotopic (exact) mass is 299 g/mol. The third-order valence-corrected chi connectivity index (χ3v) is 3.68. The van der Waals surface area contributed by atoms with Crippen LogP contribution in [0.4, 0.5) is 0 Å². The normalized spacial score (nSPS) is 10.3. The van der Waals surface area contributed by atoms with Gasteiger partial charge in [-0.3, -0.25) is 4.79 Å². The highest BCUT2D eigenvalue weighted by Crippen LogP contribution is 2.15. The number of hydrogen-bond donors (Lipinski definition) is 2. The Morgan fingerprint density at radius 3 is 2.55 bits per heavy atom. The van der Waals surface area contributed by atoms with Crippen molar-refractivity contribution in [2.45, 2.75) is 19.9 Å². The number of rotatable bonds is 6. The van der Waals surface area contributed by atoms with Gasteiger partial charge in [0, 0.05) is 18.7 Å². The highest BCUT2D eigenvalue weighted by molar-refractivity contribution is 5.95. The van der Waals surface area contributed by atoms with E-state index in [2.05, 4.69) is 5.32 Å². The van der Waals surface area contributed by atoms with E-state index >= 15 is 0 Å². The van der Waals surface area contributed by atoms with E-state index in [1.165, 1.54) is 0 Å². The fourth-order valence-corrected chi connectivity index (χ4v) is 2.34. The molecule has 0 atom stereocenters. The summed E-state index contributed by atoms with van der Waals surface area (Å²) in [5.74, 6) is 0.690. The number of ether oxygens (including phenoxy) is 1. The third-order valence-electron chi connectivity index (χ3n) is 3.68. The van der Waals surface area contributed by atoms with E-state index in [1.54, 1.807) is 13.2 Å². The quantitative estimate of drug-likeness (QED) is 0.861. The predicted molar refractivity (Wildman–Crippen MR) is 86.1 cm³/mol. The topological polar surface area (TPSA) is 58.6 Å². The maximum absolute atomic E-state index is 12.3. The van der Waals surface area contributed by atoms with Crippen LogP contribution < -0.4 is 10.1 Å². The van der Waals surface area contributed by atoms with Crippen LogP contribution in [0.25, 0.3) is 0 Å². The van der Waals surface area contributed by atoms with Gasteiger partial charge in [-0.2, -0.15) is 0 Å². The summed E-state index contributed by atoms with van der Waals surface area (Å²) in [5, 5.41) is 12.0. The molecule has 0 aliphatic rings. The maximum atomic E-state index is 12.3. The number of amides is 1. The van der Waals surface area contributed by atoms with Gasteiger partial charge in [0.05, 0.1) is 7.11 Å². The van der Waals surface area contributed by atoms with Gasteiger partial charge in [0.1, 0.15) is 5.75 Å². The van der Waals surface area contributed by atoms with Gasteiger partial charge in [-0.25, -0.2) is 0 Å². The van der Waals surface area contributed by atoms with Gasteiger partial charge >= 0.3 is 0 Å². The molecule has 4 nitrogen and oxygen atoms in total. The van der Waals surface area contributed by atoms with Gasteiger partial charge in [-0.15, -0.1) is 0 Å². The molecular formula is C18H21NO3. The summed E-state index contributed by atoms with van der Waals surface area (Å²) < 4.78 is 5.11. The standard InChI is InChI=1S/C18H21NO3/c1-13-15(10-11-20)4-3-5-17(13)18(21)19-12-14-6-8-16(22-2)9-7-14/h3-9,20H,10-12H2,1-2H3,(H,19,21). The van der Waals surface area contributed by atoms with E-state index in [1.807, 2.05) is 43.3 Å². The van der Waals surface area contributed by atoms with Gasteiger partial charge in [-0.05, 0) is 48.2 Å². The Kier molecular flexibility index (Phi) is 5.55. The van der Waals surface area contributed by atoms with E-state index in [-0.39, 0.29) is 12.5 Å². The van der Waals surface area contributed by atoms with Crippen molar-refractivity contribution < 1.29 is 14.6 Å². The van der Waals surface area contributed by atoms with E-state index in [0.29, 0.717) is 18.5 Å². The van der Waals surface area contributed by atoms with Gasteiger partial charge in [0.2, 0.25) is 0 Å². The summed E-state index contributed by atoms with van der Waals surface area (Å²) in [4.78, 5) is 12.3. The predicted octanol–water partition coefficient (Wildman–Crippen LogP) is 2.47. The number of benzene rings is 2. The Morgan fingerprint density at radius 2 is 1.91 bits per heavy atom. The van der Waals surface area contributed by atoms with Crippen LogP contribution in [0.15, 0.2) is 42.5 Å². The fourth-order valence-electron chi connectivity index (χ4n) is 2.34.